The maximum Gasteiger partial charge on any atom is 0.322 e. The summed E-state index contributed by atoms with van der Waals surface area (Å²) in [5.41, 5.74) is 2.25. The van der Waals surface area contributed by atoms with Crippen molar-refractivity contribution in [3.63, 3.8) is 0 Å². The summed E-state index contributed by atoms with van der Waals surface area (Å²) in [6.07, 6.45) is 0. The molecule has 0 aromatic heterocycles. The highest BCUT2D eigenvalue weighted by atomic mass is 16.5. The molecule has 1 unspecified atom stereocenters. The van der Waals surface area contributed by atoms with Gasteiger partial charge in [-0.1, -0.05) is 24.3 Å². The van der Waals surface area contributed by atoms with Crippen molar-refractivity contribution in [3.05, 3.63) is 35.4 Å². The zero-order chi connectivity index (χ0) is 12.7. The first-order valence-corrected chi connectivity index (χ1v) is 5.56. The molecule has 0 aliphatic rings. The monoisotopic (exact) mass is 237 g/mol. The van der Waals surface area contributed by atoms with Crippen LogP contribution in [0.15, 0.2) is 24.3 Å². The number of hydrogen-bond acceptors (Lipinski definition) is 4. The van der Waals surface area contributed by atoms with Crippen LogP contribution < -0.4 is 5.32 Å². The van der Waals surface area contributed by atoms with Crippen LogP contribution in [0.3, 0.4) is 0 Å². The molecule has 17 heavy (non-hydrogen) atoms. The highest BCUT2D eigenvalue weighted by molar-refractivity contribution is 5.75. The lowest BCUT2D eigenvalue weighted by Gasteiger charge is -2.13. The van der Waals surface area contributed by atoms with E-state index >= 15 is 0 Å². The molecule has 0 amide bonds. The number of carbonyl (C=O) groups is 1. The van der Waals surface area contributed by atoms with Gasteiger partial charge in [-0.15, -0.1) is 0 Å². The normalized spacial score (nSPS) is 12.2. The molecule has 0 saturated heterocycles. The number of ether oxygens (including phenoxy) is 2. The lowest BCUT2D eigenvalue weighted by molar-refractivity contribution is -0.142. The second-order valence-corrected chi connectivity index (χ2v) is 3.83. The Balaban J connectivity index is 2.59. The average molecular weight is 237 g/mol. The van der Waals surface area contributed by atoms with Gasteiger partial charge in [-0.05, 0) is 18.1 Å². The van der Waals surface area contributed by atoms with Crippen molar-refractivity contribution in [2.75, 3.05) is 14.2 Å². The summed E-state index contributed by atoms with van der Waals surface area (Å²) in [6, 6.07) is 7.67. The SMILES string of the molecule is COCc1ccccc1CNC(C)C(=O)OC. The van der Waals surface area contributed by atoms with Crippen LogP contribution in [0.5, 0.6) is 0 Å². The first-order chi connectivity index (χ1) is 8.19. The number of nitrogens with one attached hydrogen (secondary N) is 1. The second kappa shape index (κ2) is 7.04. The summed E-state index contributed by atoms with van der Waals surface area (Å²) in [6.45, 7) is 2.98. The van der Waals surface area contributed by atoms with Gasteiger partial charge in [0.15, 0.2) is 0 Å². The maximum atomic E-state index is 11.2. The van der Waals surface area contributed by atoms with Gasteiger partial charge >= 0.3 is 5.97 Å². The van der Waals surface area contributed by atoms with Crippen LogP contribution in [0.1, 0.15) is 18.1 Å². The predicted molar refractivity (Wildman–Crippen MR) is 65.5 cm³/mol. The zero-order valence-corrected chi connectivity index (χ0v) is 10.5. The smallest absolute Gasteiger partial charge is 0.322 e. The van der Waals surface area contributed by atoms with Crippen molar-refractivity contribution < 1.29 is 14.3 Å². The number of rotatable bonds is 6. The predicted octanol–water partition coefficient (Wildman–Crippen LogP) is 1.48. The molecule has 0 radical (unpaired) electrons. The zero-order valence-electron chi connectivity index (χ0n) is 10.5. The molecule has 1 N–H and O–H groups in total. The summed E-state index contributed by atoms with van der Waals surface area (Å²) in [5.74, 6) is -0.255. The van der Waals surface area contributed by atoms with Gasteiger partial charge in [0, 0.05) is 13.7 Å². The number of hydrogen-bond donors (Lipinski definition) is 1. The van der Waals surface area contributed by atoms with Crippen molar-refractivity contribution in [3.8, 4) is 0 Å². The summed E-state index contributed by atoms with van der Waals surface area (Å²) >= 11 is 0. The Morgan fingerprint density at radius 1 is 1.29 bits per heavy atom. The first kappa shape index (κ1) is 13.7. The van der Waals surface area contributed by atoms with Gasteiger partial charge in [0.2, 0.25) is 0 Å². The van der Waals surface area contributed by atoms with Gasteiger partial charge < -0.3 is 14.8 Å². The van der Waals surface area contributed by atoms with Crippen LogP contribution in [-0.4, -0.2) is 26.2 Å². The van der Waals surface area contributed by atoms with Gasteiger partial charge in [0.25, 0.3) is 0 Å². The standard InChI is InChI=1S/C13H19NO3/c1-10(13(15)17-3)14-8-11-6-4-5-7-12(11)9-16-2/h4-7,10,14H,8-9H2,1-3H3. The van der Waals surface area contributed by atoms with Crippen LogP contribution in [0.4, 0.5) is 0 Å². The van der Waals surface area contributed by atoms with E-state index in [2.05, 4.69) is 10.1 Å². The molecule has 1 atom stereocenters. The molecule has 1 aromatic rings. The fourth-order valence-electron chi connectivity index (χ4n) is 1.55. The molecule has 0 aliphatic heterocycles. The van der Waals surface area contributed by atoms with E-state index in [1.54, 1.807) is 14.0 Å². The maximum absolute atomic E-state index is 11.2. The minimum atomic E-state index is -0.310. The molecule has 94 valence electrons. The molecule has 0 heterocycles. The molecule has 0 spiro atoms. The second-order valence-electron chi connectivity index (χ2n) is 3.83. The largest absolute Gasteiger partial charge is 0.468 e. The highest BCUT2D eigenvalue weighted by Crippen LogP contribution is 2.09. The molecule has 1 aromatic carbocycles. The third-order valence-electron chi connectivity index (χ3n) is 2.57. The Labute approximate surface area is 102 Å². The topological polar surface area (TPSA) is 47.6 Å². The quantitative estimate of drug-likeness (QED) is 0.761. The van der Waals surface area contributed by atoms with Crippen LogP contribution >= 0.6 is 0 Å². The minimum absolute atomic E-state index is 0.255. The van der Waals surface area contributed by atoms with Crippen LogP contribution in [0.25, 0.3) is 0 Å². The Kier molecular flexibility index (Phi) is 5.66. The van der Waals surface area contributed by atoms with E-state index in [0.717, 1.165) is 11.1 Å². The third kappa shape index (κ3) is 4.17. The first-order valence-electron chi connectivity index (χ1n) is 5.56. The van der Waals surface area contributed by atoms with Crippen molar-refractivity contribution in [1.82, 2.24) is 5.32 Å². The molecule has 1 rings (SSSR count). The Morgan fingerprint density at radius 2 is 1.94 bits per heavy atom. The molecule has 0 bridgehead atoms. The molecule has 0 saturated carbocycles. The number of carbonyl (C=O) groups excluding carboxylic acids is 1. The molecular weight excluding hydrogens is 218 g/mol. The van der Waals surface area contributed by atoms with Gasteiger partial charge in [-0.3, -0.25) is 4.79 Å². The lowest BCUT2D eigenvalue weighted by atomic mass is 10.1. The fourth-order valence-corrected chi connectivity index (χ4v) is 1.55. The number of benzene rings is 1. The molecule has 0 fully saturated rings. The summed E-state index contributed by atoms with van der Waals surface area (Å²) < 4.78 is 9.78. The van der Waals surface area contributed by atoms with Crippen molar-refractivity contribution in [1.29, 1.82) is 0 Å². The molecule has 0 aliphatic carbocycles. The van der Waals surface area contributed by atoms with E-state index in [9.17, 15) is 4.79 Å². The van der Waals surface area contributed by atoms with E-state index in [1.165, 1.54) is 7.11 Å². The molecule has 4 heteroatoms. The number of esters is 1. The van der Waals surface area contributed by atoms with Crippen LogP contribution in [-0.2, 0) is 27.4 Å². The fraction of sp³-hybridized carbons (Fsp3) is 0.462. The summed E-state index contributed by atoms with van der Waals surface area (Å²) in [4.78, 5) is 11.2. The van der Waals surface area contributed by atoms with E-state index < -0.39 is 0 Å². The van der Waals surface area contributed by atoms with Gasteiger partial charge in [-0.2, -0.15) is 0 Å². The minimum Gasteiger partial charge on any atom is -0.468 e. The van der Waals surface area contributed by atoms with Gasteiger partial charge in [0.1, 0.15) is 6.04 Å². The highest BCUT2D eigenvalue weighted by Gasteiger charge is 2.12. The van der Waals surface area contributed by atoms with E-state index in [1.807, 2.05) is 24.3 Å². The van der Waals surface area contributed by atoms with Crippen molar-refractivity contribution in [2.45, 2.75) is 26.1 Å². The van der Waals surface area contributed by atoms with E-state index in [0.29, 0.717) is 13.2 Å². The van der Waals surface area contributed by atoms with Crippen LogP contribution in [0, 0.1) is 0 Å². The Hall–Kier alpha value is -1.39. The van der Waals surface area contributed by atoms with Crippen molar-refractivity contribution in [2.24, 2.45) is 0 Å². The van der Waals surface area contributed by atoms with Crippen molar-refractivity contribution >= 4 is 5.97 Å². The van der Waals surface area contributed by atoms with E-state index in [-0.39, 0.29) is 12.0 Å². The van der Waals surface area contributed by atoms with Crippen LogP contribution in [0.2, 0.25) is 0 Å². The third-order valence-corrected chi connectivity index (χ3v) is 2.57. The molecule has 4 nitrogen and oxygen atoms in total. The summed E-state index contributed by atoms with van der Waals surface area (Å²) in [5, 5.41) is 3.12. The van der Waals surface area contributed by atoms with Gasteiger partial charge in [0.05, 0.1) is 13.7 Å². The molecular formula is C13H19NO3. The van der Waals surface area contributed by atoms with Gasteiger partial charge in [-0.25, -0.2) is 0 Å². The number of methoxy groups -OCH3 is 2. The Morgan fingerprint density at radius 3 is 2.53 bits per heavy atom. The van der Waals surface area contributed by atoms with E-state index in [4.69, 9.17) is 4.74 Å². The lowest BCUT2D eigenvalue weighted by Crippen LogP contribution is -2.34. The summed E-state index contributed by atoms with van der Waals surface area (Å²) in [7, 11) is 3.06. The Bertz CT molecular complexity index is 365. The average Bonchev–Trinajstić information content (AvgIpc) is 2.36.